The second kappa shape index (κ2) is 6.94. The normalized spacial score (nSPS) is 23.4. The van der Waals surface area contributed by atoms with Crippen LogP contribution in [0.2, 0.25) is 0 Å². The maximum Gasteiger partial charge on any atom is 0.419 e. The van der Waals surface area contributed by atoms with E-state index in [1.54, 1.807) is 0 Å². The Kier molecular flexibility index (Phi) is 5.60. The van der Waals surface area contributed by atoms with Crippen LogP contribution in [-0.2, 0) is 11.0 Å². The maximum absolute atomic E-state index is 13.9. The van der Waals surface area contributed by atoms with E-state index in [0.29, 0.717) is 0 Å². The van der Waals surface area contributed by atoms with Gasteiger partial charge in [-0.2, -0.15) is 61.5 Å². The second-order valence-electron chi connectivity index (χ2n) is 6.63. The van der Waals surface area contributed by atoms with Crippen LogP contribution >= 0.6 is 0 Å². The zero-order valence-electron chi connectivity index (χ0n) is 14.8. The number of aliphatic hydroxyl groups is 1. The molecule has 2 nitrogen and oxygen atoms in total. The standard InChI is InChI=1S/C16H5F15O2/c17-7-2-1-5(3-6(7)11(18,19)20)8(32)4-9(33)10(16(29,30)31)12(21,22)14(25,26)15(27,28)13(10,23)24/h1-4,32H/b8-4-. The summed E-state index contributed by atoms with van der Waals surface area (Å²) in [6.45, 7) is 0. The average molecular weight is 514 g/mol. The summed E-state index contributed by atoms with van der Waals surface area (Å²) in [5.74, 6) is -38.2. The fourth-order valence-electron chi connectivity index (χ4n) is 3.09. The third-order valence-electron chi connectivity index (χ3n) is 4.76. The summed E-state index contributed by atoms with van der Waals surface area (Å²) in [4.78, 5) is 11.9. The average Bonchev–Trinajstić information content (AvgIpc) is 2.64. The molecular formula is C16H5F15O2. The van der Waals surface area contributed by atoms with Gasteiger partial charge < -0.3 is 5.11 Å². The van der Waals surface area contributed by atoms with Crippen molar-refractivity contribution in [2.75, 3.05) is 0 Å². The van der Waals surface area contributed by atoms with Gasteiger partial charge in [0.25, 0.3) is 5.41 Å². The Balaban J connectivity index is 2.82. The molecule has 1 N–H and O–H groups in total. The molecule has 1 aliphatic rings. The number of carbonyl (C=O) groups is 1. The molecule has 0 aromatic heterocycles. The number of hydrogen-bond donors (Lipinski definition) is 1. The molecule has 0 bridgehead atoms. The summed E-state index contributed by atoms with van der Waals surface area (Å²) >= 11 is 0. The highest BCUT2D eigenvalue weighted by molar-refractivity contribution is 6.02. The van der Waals surface area contributed by atoms with E-state index in [4.69, 9.17) is 0 Å². The van der Waals surface area contributed by atoms with Crippen molar-refractivity contribution in [3.63, 3.8) is 0 Å². The predicted molar refractivity (Wildman–Crippen MR) is 75.3 cm³/mol. The Labute approximate surface area is 171 Å². The third kappa shape index (κ3) is 3.09. The van der Waals surface area contributed by atoms with Gasteiger partial charge in [0.1, 0.15) is 11.6 Å². The van der Waals surface area contributed by atoms with E-state index in [1.165, 1.54) is 0 Å². The molecule has 1 aromatic rings. The van der Waals surface area contributed by atoms with Gasteiger partial charge in [0, 0.05) is 11.6 Å². The lowest BCUT2D eigenvalue weighted by Crippen LogP contribution is -2.64. The topological polar surface area (TPSA) is 37.3 Å². The summed E-state index contributed by atoms with van der Waals surface area (Å²) in [5, 5.41) is 9.53. The van der Waals surface area contributed by atoms with Crippen LogP contribution in [0, 0.1) is 11.2 Å². The number of rotatable bonds is 3. The Morgan fingerprint density at radius 3 is 1.58 bits per heavy atom. The zero-order chi connectivity index (χ0) is 26.2. The molecule has 0 atom stereocenters. The van der Waals surface area contributed by atoms with Crippen LogP contribution in [0.25, 0.3) is 5.76 Å². The Morgan fingerprint density at radius 2 is 1.21 bits per heavy atom. The summed E-state index contributed by atoms with van der Waals surface area (Å²) in [6, 6.07) is -0.422. The molecule has 1 saturated carbocycles. The fourth-order valence-corrected chi connectivity index (χ4v) is 3.09. The van der Waals surface area contributed by atoms with E-state index in [-0.39, 0.29) is 12.1 Å². The van der Waals surface area contributed by atoms with Crippen molar-refractivity contribution in [2.24, 2.45) is 5.41 Å². The Morgan fingerprint density at radius 1 is 0.788 bits per heavy atom. The van der Waals surface area contributed by atoms with E-state index in [1.807, 2.05) is 0 Å². The van der Waals surface area contributed by atoms with Crippen LogP contribution in [0.4, 0.5) is 65.9 Å². The first-order valence-electron chi connectivity index (χ1n) is 7.83. The number of carbonyl (C=O) groups excluding carboxylic acids is 1. The first kappa shape index (κ1) is 26.6. The summed E-state index contributed by atoms with van der Waals surface area (Å²) in [6.07, 6.45) is -14.4. The molecular weight excluding hydrogens is 509 g/mol. The van der Waals surface area contributed by atoms with E-state index in [2.05, 4.69) is 0 Å². The maximum atomic E-state index is 13.9. The van der Waals surface area contributed by atoms with Gasteiger partial charge in [-0.15, -0.1) is 0 Å². The second-order valence-corrected chi connectivity index (χ2v) is 6.63. The lowest BCUT2D eigenvalue weighted by molar-refractivity contribution is -0.341. The molecule has 1 fully saturated rings. The van der Waals surface area contributed by atoms with Gasteiger partial charge in [-0.1, -0.05) is 0 Å². The summed E-state index contributed by atoms with van der Waals surface area (Å²) in [5.41, 5.74) is -10.9. The highest BCUT2D eigenvalue weighted by Crippen LogP contribution is 2.75. The van der Waals surface area contributed by atoms with E-state index in [9.17, 15) is 75.8 Å². The van der Waals surface area contributed by atoms with Crippen molar-refractivity contribution in [1.82, 2.24) is 0 Å². The van der Waals surface area contributed by atoms with Gasteiger partial charge in [0.05, 0.1) is 5.56 Å². The number of alkyl halides is 14. The number of hydrogen-bond acceptors (Lipinski definition) is 2. The molecule has 0 heterocycles. The molecule has 17 heteroatoms. The van der Waals surface area contributed by atoms with E-state index >= 15 is 0 Å². The first-order valence-corrected chi connectivity index (χ1v) is 7.83. The molecule has 0 spiro atoms. The van der Waals surface area contributed by atoms with Crippen LogP contribution in [-0.4, -0.2) is 40.8 Å². The molecule has 0 amide bonds. The number of aliphatic hydroxyl groups excluding tert-OH is 1. The summed E-state index contributed by atoms with van der Waals surface area (Å²) in [7, 11) is 0. The molecule has 33 heavy (non-hydrogen) atoms. The van der Waals surface area contributed by atoms with Crippen molar-refractivity contribution in [1.29, 1.82) is 0 Å². The largest absolute Gasteiger partial charge is 0.507 e. The lowest BCUT2D eigenvalue weighted by Gasteiger charge is -2.37. The molecule has 186 valence electrons. The van der Waals surface area contributed by atoms with E-state index < -0.39 is 82.1 Å². The van der Waals surface area contributed by atoms with E-state index in [0.717, 1.165) is 0 Å². The molecule has 0 saturated heterocycles. The van der Waals surface area contributed by atoms with Crippen LogP contribution in [0.15, 0.2) is 24.3 Å². The van der Waals surface area contributed by atoms with Crippen molar-refractivity contribution >= 4 is 11.5 Å². The minimum atomic E-state index is -7.52. The van der Waals surface area contributed by atoms with Gasteiger partial charge in [-0.3, -0.25) is 4.79 Å². The Bertz CT molecular complexity index is 974. The van der Waals surface area contributed by atoms with Gasteiger partial charge in [0.2, 0.25) is 0 Å². The van der Waals surface area contributed by atoms with Gasteiger partial charge in [0.15, 0.2) is 5.78 Å². The smallest absolute Gasteiger partial charge is 0.419 e. The monoisotopic (exact) mass is 514 g/mol. The molecule has 1 aliphatic carbocycles. The number of ketones is 1. The molecule has 0 unspecified atom stereocenters. The van der Waals surface area contributed by atoms with Crippen LogP contribution in [0.5, 0.6) is 0 Å². The minimum absolute atomic E-state index is 0.0953. The third-order valence-corrected chi connectivity index (χ3v) is 4.76. The fraction of sp³-hybridized carbons (Fsp3) is 0.438. The van der Waals surface area contributed by atoms with Gasteiger partial charge in [-0.05, 0) is 18.2 Å². The van der Waals surface area contributed by atoms with Gasteiger partial charge >= 0.3 is 36.0 Å². The van der Waals surface area contributed by atoms with Crippen molar-refractivity contribution in [3.8, 4) is 0 Å². The highest BCUT2D eigenvalue weighted by Gasteiger charge is 3.06. The first-order chi connectivity index (χ1) is 14.4. The van der Waals surface area contributed by atoms with Crippen LogP contribution in [0.1, 0.15) is 11.1 Å². The number of benzene rings is 1. The van der Waals surface area contributed by atoms with Crippen LogP contribution < -0.4 is 0 Å². The molecule has 2 rings (SSSR count). The van der Waals surface area contributed by atoms with Gasteiger partial charge in [-0.25, -0.2) is 4.39 Å². The summed E-state index contributed by atoms with van der Waals surface area (Å²) < 4.78 is 201. The lowest BCUT2D eigenvalue weighted by atomic mass is 9.74. The van der Waals surface area contributed by atoms with Crippen molar-refractivity contribution < 1.29 is 75.8 Å². The molecule has 0 radical (unpaired) electrons. The molecule has 1 aromatic carbocycles. The zero-order valence-corrected chi connectivity index (χ0v) is 14.8. The molecule has 0 aliphatic heterocycles. The van der Waals surface area contributed by atoms with Crippen LogP contribution in [0.3, 0.4) is 0 Å². The highest BCUT2D eigenvalue weighted by atomic mass is 19.4. The number of allylic oxidation sites excluding steroid dienone is 1. The quantitative estimate of drug-likeness (QED) is 0.288. The Hall–Kier alpha value is -2.62. The van der Waals surface area contributed by atoms with Crippen molar-refractivity contribution in [2.45, 2.75) is 36.0 Å². The SMILES string of the molecule is O=C(/C=C(\O)c1ccc(F)c(C(F)(F)F)c1)C1(C(F)(F)F)C(F)(F)C(F)(F)C(F)(F)C1(F)F. The van der Waals surface area contributed by atoms with Crippen molar-refractivity contribution in [3.05, 3.63) is 41.2 Å². The number of halogens is 15. The minimum Gasteiger partial charge on any atom is -0.507 e. The predicted octanol–water partition coefficient (Wildman–Crippen LogP) is 6.42.